The van der Waals surface area contributed by atoms with E-state index in [-0.39, 0.29) is 17.7 Å². The second-order valence-electron chi connectivity index (χ2n) is 4.45. The van der Waals surface area contributed by atoms with Crippen LogP contribution in [-0.4, -0.2) is 34.8 Å². The summed E-state index contributed by atoms with van der Waals surface area (Å²) in [5.74, 6) is -0.299. The van der Waals surface area contributed by atoms with Crippen LogP contribution in [0.4, 0.5) is 0 Å². The number of primary amides is 1. The molecule has 0 bridgehead atoms. The van der Waals surface area contributed by atoms with E-state index >= 15 is 0 Å². The third kappa shape index (κ3) is 2.53. The molecule has 18 heavy (non-hydrogen) atoms. The lowest BCUT2D eigenvalue weighted by Crippen LogP contribution is -2.41. The normalized spacial score (nSPS) is 16.8. The SMILES string of the molecule is CCc1ncsc1C(=O)N1CCC(C(N)=O)CC1. The molecule has 2 rings (SSSR count). The average Bonchev–Trinajstić information content (AvgIpc) is 2.86. The monoisotopic (exact) mass is 267 g/mol. The summed E-state index contributed by atoms with van der Waals surface area (Å²) in [5.41, 5.74) is 7.85. The minimum absolute atomic E-state index is 0.0391. The number of carbonyl (C=O) groups excluding carboxylic acids is 2. The number of piperidine rings is 1. The molecule has 5 nitrogen and oxygen atoms in total. The van der Waals surface area contributed by atoms with Crippen molar-refractivity contribution >= 4 is 23.2 Å². The van der Waals surface area contributed by atoms with Gasteiger partial charge in [-0.25, -0.2) is 4.98 Å². The summed E-state index contributed by atoms with van der Waals surface area (Å²) in [5, 5.41) is 0. The zero-order chi connectivity index (χ0) is 13.1. The molecule has 0 radical (unpaired) electrons. The number of thiazole rings is 1. The van der Waals surface area contributed by atoms with Gasteiger partial charge in [0.25, 0.3) is 5.91 Å². The van der Waals surface area contributed by atoms with Gasteiger partial charge in [-0.3, -0.25) is 9.59 Å². The molecule has 1 aliphatic heterocycles. The molecule has 2 N–H and O–H groups in total. The van der Waals surface area contributed by atoms with Crippen LogP contribution < -0.4 is 5.73 Å². The highest BCUT2D eigenvalue weighted by Crippen LogP contribution is 2.22. The lowest BCUT2D eigenvalue weighted by Gasteiger charge is -2.30. The van der Waals surface area contributed by atoms with E-state index in [1.54, 1.807) is 10.4 Å². The summed E-state index contributed by atoms with van der Waals surface area (Å²) in [6, 6.07) is 0. The summed E-state index contributed by atoms with van der Waals surface area (Å²) >= 11 is 1.39. The van der Waals surface area contributed by atoms with E-state index in [1.807, 2.05) is 6.92 Å². The Kier molecular flexibility index (Phi) is 3.96. The average molecular weight is 267 g/mol. The molecule has 0 atom stereocenters. The van der Waals surface area contributed by atoms with Crippen molar-refractivity contribution in [1.29, 1.82) is 0 Å². The molecule has 2 heterocycles. The number of amides is 2. The summed E-state index contributed by atoms with van der Waals surface area (Å²) < 4.78 is 0. The van der Waals surface area contributed by atoms with Gasteiger partial charge in [0.05, 0.1) is 11.2 Å². The fourth-order valence-corrected chi connectivity index (χ4v) is 3.05. The van der Waals surface area contributed by atoms with Crippen LogP contribution in [-0.2, 0) is 11.2 Å². The van der Waals surface area contributed by atoms with Crippen LogP contribution >= 0.6 is 11.3 Å². The van der Waals surface area contributed by atoms with Crippen LogP contribution in [0.5, 0.6) is 0 Å². The Bertz CT molecular complexity index is 450. The molecular weight excluding hydrogens is 250 g/mol. The molecule has 0 spiro atoms. The molecule has 1 aromatic heterocycles. The van der Waals surface area contributed by atoms with Gasteiger partial charge in [-0.2, -0.15) is 0 Å². The number of rotatable bonds is 3. The van der Waals surface area contributed by atoms with Crippen LogP contribution in [0, 0.1) is 5.92 Å². The number of nitrogens with two attached hydrogens (primary N) is 1. The number of aromatic nitrogens is 1. The van der Waals surface area contributed by atoms with Crippen molar-refractivity contribution < 1.29 is 9.59 Å². The van der Waals surface area contributed by atoms with Crippen molar-refractivity contribution in [3.63, 3.8) is 0 Å². The second kappa shape index (κ2) is 5.48. The van der Waals surface area contributed by atoms with Crippen molar-refractivity contribution in [2.75, 3.05) is 13.1 Å². The minimum Gasteiger partial charge on any atom is -0.369 e. The van der Waals surface area contributed by atoms with Crippen LogP contribution in [0.15, 0.2) is 5.51 Å². The third-order valence-electron chi connectivity index (χ3n) is 3.35. The van der Waals surface area contributed by atoms with Crippen LogP contribution in [0.2, 0.25) is 0 Å². The largest absolute Gasteiger partial charge is 0.369 e. The van der Waals surface area contributed by atoms with Crippen LogP contribution in [0.3, 0.4) is 0 Å². The number of nitrogens with zero attached hydrogens (tertiary/aromatic N) is 2. The molecule has 0 unspecified atom stereocenters. The molecule has 0 saturated carbocycles. The maximum absolute atomic E-state index is 12.3. The third-order valence-corrected chi connectivity index (χ3v) is 4.21. The van der Waals surface area contributed by atoms with E-state index in [0.29, 0.717) is 25.9 Å². The van der Waals surface area contributed by atoms with E-state index < -0.39 is 0 Å². The van der Waals surface area contributed by atoms with Gasteiger partial charge in [0.15, 0.2) is 0 Å². The summed E-state index contributed by atoms with van der Waals surface area (Å²) in [6.07, 6.45) is 2.10. The molecule has 98 valence electrons. The first-order chi connectivity index (χ1) is 8.63. The summed E-state index contributed by atoms with van der Waals surface area (Å²) in [7, 11) is 0. The summed E-state index contributed by atoms with van der Waals surface area (Å²) in [4.78, 5) is 30.1. The van der Waals surface area contributed by atoms with Gasteiger partial charge in [0, 0.05) is 19.0 Å². The molecular formula is C12H17N3O2S. The molecule has 0 aliphatic carbocycles. The molecule has 1 saturated heterocycles. The predicted octanol–water partition coefficient (Wildman–Crippen LogP) is 1.04. The van der Waals surface area contributed by atoms with Crippen LogP contribution in [0.1, 0.15) is 35.1 Å². The number of carbonyl (C=O) groups is 2. The van der Waals surface area contributed by atoms with E-state index in [4.69, 9.17) is 5.73 Å². The highest BCUT2D eigenvalue weighted by atomic mass is 32.1. The lowest BCUT2D eigenvalue weighted by atomic mass is 9.96. The number of hydrogen-bond acceptors (Lipinski definition) is 4. The minimum atomic E-state index is -0.255. The van der Waals surface area contributed by atoms with E-state index in [2.05, 4.69) is 4.98 Å². The number of likely N-dealkylation sites (tertiary alicyclic amines) is 1. The highest BCUT2D eigenvalue weighted by Gasteiger charge is 2.28. The first-order valence-electron chi connectivity index (χ1n) is 6.14. The van der Waals surface area contributed by atoms with Gasteiger partial charge in [-0.15, -0.1) is 11.3 Å². The van der Waals surface area contributed by atoms with Crippen molar-refractivity contribution in [3.05, 3.63) is 16.1 Å². The highest BCUT2D eigenvalue weighted by molar-refractivity contribution is 7.11. The number of aryl methyl sites for hydroxylation is 1. The van der Waals surface area contributed by atoms with Gasteiger partial charge >= 0.3 is 0 Å². The Morgan fingerprint density at radius 1 is 1.50 bits per heavy atom. The molecule has 1 aromatic rings. The standard InChI is InChI=1S/C12H17N3O2S/c1-2-9-10(18-7-14-9)12(17)15-5-3-8(4-6-15)11(13)16/h7-8H,2-6H2,1H3,(H2,13,16). The molecule has 0 aromatic carbocycles. The van der Waals surface area contributed by atoms with Gasteiger partial charge < -0.3 is 10.6 Å². The van der Waals surface area contributed by atoms with E-state index in [9.17, 15) is 9.59 Å². The summed E-state index contributed by atoms with van der Waals surface area (Å²) in [6.45, 7) is 3.20. The second-order valence-corrected chi connectivity index (χ2v) is 5.31. The zero-order valence-electron chi connectivity index (χ0n) is 10.4. The molecule has 2 amide bonds. The fourth-order valence-electron chi connectivity index (χ4n) is 2.21. The molecule has 6 heteroatoms. The van der Waals surface area contributed by atoms with Crippen molar-refractivity contribution in [2.45, 2.75) is 26.2 Å². The topological polar surface area (TPSA) is 76.3 Å². The number of hydrogen-bond donors (Lipinski definition) is 1. The lowest BCUT2D eigenvalue weighted by molar-refractivity contribution is -0.123. The molecule has 1 fully saturated rings. The van der Waals surface area contributed by atoms with E-state index in [0.717, 1.165) is 17.0 Å². The Hall–Kier alpha value is -1.43. The van der Waals surface area contributed by atoms with Crippen molar-refractivity contribution in [3.8, 4) is 0 Å². The van der Waals surface area contributed by atoms with Crippen molar-refractivity contribution in [1.82, 2.24) is 9.88 Å². The molecule has 1 aliphatic rings. The van der Waals surface area contributed by atoms with Gasteiger partial charge in [-0.05, 0) is 19.3 Å². The van der Waals surface area contributed by atoms with Crippen LogP contribution in [0.25, 0.3) is 0 Å². The Labute approximate surface area is 110 Å². The Morgan fingerprint density at radius 2 is 2.17 bits per heavy atom. The van der Waals surface area contributed by atoms with Gasteiger partial charge in [0.1, 0.15) is 4.88 Å². The Morgan fingerprint density at radius 3 is 2.72 bits per heavy atom. The maximum Gasteiger partial charge on any atom is 0.265 e. The fraction of sp³-hybridized carbons (Fsp3) is 0.583. The van der Waals surface area contributed by atoms with Gasteiger partial charge in [-0.1, -0.05) is 6.92 Å². The quantitative estimate of drug-likeness (QED) is 0.889. The zero-order valence-corrected chi connectivity index (χ0v) is 11.2. The smallest absolute Gasteiger partial charge is 0.265 e. The predicted molar refractivity (Wildman–Crippen MR) is 69.3 cm³/mol. The van der Waals surface area contributed by atoms with E-state index in [1.165, 1.54) is 11.3 Å². The maximum atomic E-state index is 12.3. The van der Waals surface area contributed by atoms with Crippen molar-refractivity contribution in [2.24, 2.45) is 11.7 Å². The Balaban J connectivity index is 2.02. The first kappa shape index (κ1) is 13.0. The van der Waals surface area contributed by atoms with Gasteiger partial charge in [0.2, 0.25) is 5.91 Å². The first-order valence-corrected chi connectivity index (χ1v) is 7.02.